The molecule has 0 aromatic heterocycles. The predicted octanol–water partition coefficient (Wildman–Crippen LogP) is 1.05. The van der Waals surface area contributed by atoms with Gasteiger partial charge in [-0.25, -0.2) is 0 Å². The third-order valence-electron chi connectivity index (χ3n) is 1.29. The van der Waals surface area contributed by atoms with Crippen molar-refractivity contribution in [2.45, 2.75) is 32.2 Å². The summed E-state index contributed by atoms with van der Waals surface area (Å²) in [6.07, 6.45) is 6.03. The van der Waals surface area contributed by atoms with Crippen LogP contribution >= 0.6 is 0 Å². The molecule has 10 heavy (non-hydrogen) atoms. The van der Waals surface area contributed by atoms with Gasteiger partial charge in [-0.15, -0.1) is 0 Å². The van der Waals surface area contributed by atoms with Gasteiger partial charge >= 0.3 is 0 Å². The zero-order valence-corrected chi connectivity index (χ0v) is 6.80. The Balaban J connectivity index is 3.63. The number of unbranched alkanes of at least 4 members (excludes halogenated alkanes) is 1. The summed E-state index contributed by atoms with van der Waals surface area (Å²) < 4.78 is 0. The lowest BCUT2D eigenvalue weighted by Crippen LogP contribution is -2.37. The van der Waals surface area contributed by atoms with E-state index in [0.29, 0.717) is 0 Å². The zero-order valence-electron chi connectivity index (χ0n) is 6.80. The van der Waals surface area contributed by atoms with E-state index in [1.54, 1.807) is 6.92 Å². The number of allylic oxidation sites excluding steroid dienone is 1. The van der Waals surface area contributed by atoms with Gasteiger partial charge in [-0.2, -0.15) is 0 Å². The molecule has 0 aliphatic carbocycles. The fraction of sp³-hybridized carbons (Fsp3) is 0.750. The number of nitrogens with two attached hydrogens (primary N) is 1. The van der Waals surface area contributed by atoms with Gasteiger partial charge in [-0.1, -0.05) is 25.5 Å². The molecule has 0 aromatic rings. The smallest absolute Gasteiger partial charge is 0.0644 e. The van der Waals surface area contributed by atoms with Crippen LogP contribution in [0.4, 0.5) is 0 Å². The van der Waals surface area contributed by atoms with E-state index in [1.165, 1.54) is 0 Å². The van der Waals surface area contributed by atoms with Crippen LogP contribution in [0.2, 0.25) is 0 Å². The summed E-state index contributed by atoms with van der Waals surface area (Å²) >= 11 is 0. The molecular weight excluding hydrogens is 126 g/mol. The zero-order chi connectivity index (χ0) is 8.04. The highest BCUT2D eigenvalue weighted by atomic mass is 16.3. The topological polar surface area (TPSA) is 46.2 Å². The van der Waals surface area contributed by atoms with Gasteiger partial charge in [-0.05, 0) is 13.3 Å². The van der Waals surface area contributed by atoms with Crippen molar-refractivity contribution < 1.29 is 5.11 Å². The van der Waals surface area contributed by atoms with Crippen molar-refractivity contribution in [2.24, 2.45) is 5.73 Å². The maximum absolute atomic E-state index is 8.72. The van der Waals surface area contributed by atoms with Crippen molar-refractivity contribution in [1.82, 2.24) is 0 Å². The highest BCUT2D eigenvalue weighted by Crippen LogP contribution is 2.00. The highest BCUT2D eigenvalue weighted by molar-refractivity contribution is 5.01. The Morgan fingerprint density at radius 3 is 2.60 bits per heavy atom. The average Bonchev–Trinajstić information content (AvgIpc) is 1.89. The van der Waals surface area contributed by atoms with Crippen molar-refractivity contribution in [3.05, 3.63) is 12.2 Å². The minimum Gasteiger partial charge on any atom is -0.394 e. The fourth-order valence-corrected chi connectivity index (χ4v) is 0.572. The Bertz CT molecular complexity index is 108. The van der Waals surface area contributed by atoms with E-state index < -0.39 is 5.54 Å². The molecule has 0 rings (SSSR count). The predicted molar refractivity (Wildman–Crippen MR) is 43.7 cm³/mol. The standard InChI is InChI=1S/C8H17NO/c1-3-4-5-6-8(2,9)7-10/h5-6,10H,3-4,7,9H2,1-2H3/b6-5+. The summed E-state index contributed by atoms with van der Waals surface area (Å²) in [6.45, 7) is 3.92. The van der Waals surface area contributed by atoms with Crippen LogP contribution in [-0.4, -0.2) is 17.3 Å². The number of hydrogen-bond donors (Lipinski definition) is 2. The molecule has 0 aromatic carbocycles. The Morgan fingerprint density at radius 1 is 1.60 bits per heavy atom. The van der Waals surface area contributed by atoms with Crippen molar-refractivity contribution in [1.29, 1.82) is 0 Å². The van der Waals surface area contributed by atoms with Crippen LogP contribution in [-0.2, 0) is 0 Å². The molecule has 0 saturated heterocycles. The van der Waals surface area contributed by atoms with Gasteiger partial charge in [0.1, 0.15) is 0 Å². The number of aliphatic hydroxyl groups excluding tert-OH is 1. The molecule has 0 bridgehead atoms. The van der Waals surface area contributed by atoms with E-state index >= 15 is 0 Å². The van der Waals surface area contributed by atoms with Crippen molar-refractivity contribution in [3.8, 4) is 0 Å². The minimum atomic E-state index is -0.533. The monoisotopic (exact) mass is 143 g/mol. The second-order valence-electron chi connectivity index (χ2n) is 2.85. The Kier molecular flexibility index (Phi) is 4.32. The van der Waals surface area contributed by atoms with Crippen LogP contribution in [0.1, 0.15) is 26.7 Å². The molecule has 3 N–H and O–H groups in total. The van der Waals surface area contributed by atoms with Crippen molar-refractivity contribution in [3.63, 3.8) is 0 Å². The first-order valence-corrected chi connectivity index (χ1v) is 3.70. The summed E-state index contributed by atoms with van der Waals surface area (Å²) in [6, 6.07) is 0. The molecule has 1 unspecified atom stereocenters. The number of hydrogen-bond acceptors (Lipinski definition) is 2. The lowest BCUT2D eigenvalue weighted by Gasteiger charge is -2.15. The van der Waals surface area contributed by atoms with Gasteiger partial charge in [0.05, 0.1) is 12.1 Å². The van der Waals surface area contributed by atoms with E-state index in [2.05, 4.69) is 6.92 Å². The van der Waals surface area contributed by atoms with Crippen LogP contribution in [0.25, 0.3) is 0 Å². The maximum Gasteiger partial charge on any atom is 0.0644 e. The lowest BCUT2D eigenvalue weighted by atomic mass is 10.0. The van der Waals surface area contributed by atoms with Crippen LogP contribution in [0.3, 0.4) is 0 Å². The summed E-state index contributed by atoms with van der Waals surface area (Å²) in [5.74, 6) is 0. The molecular formula is C8H17NO. The molecule has 60 valence electrons. The first-order chi connectivity index (χ1) is 4.62. The Hall–Kier alpha value is -0.340. The van der Waals surface area contributed by atoms with Crippen molar-refractivity contribution >= 4 is 0 Å². The summed E-state index contributed by atoms with van der Waals surface area (Å²) in [7, 11) is 0. The van der Waals surface area contributed by atoms with Crippen molar-refractivity contribution in [2.75, 3.05) is 6.61 Å². The molecule has 1 atom stereocenters. The van der Waals surface area contributed by atoms with Gasteiger partial charge < -0.3 is 10.8 Å². The minimum absolute atomic E-state index is 0.00716. The van der Waals surface area contributed by atoms with E-state index in [9.17, 15) is 0 Å². The van der Waals surface area contributed by atoms with Gasteiger partial charge in [0.2, 0.25) is 0 Å². The summed E-state index contributed by atoms with van der Waals surface area (Å²) in [4.78, 5) is 0. The van der Waals surface area contributed by atoms with E-state index in [4.69, 9.17) is 10.8 Å². The van der Waals surface area contributed by atoms with E-state index in [0.717, 1.165) is 12.8 Å². The molecule has 0 fully saturated rings. The largest absolute Gasteiger partial charge is 0.394 e. The van der Waals surface area contributed by atoms with E-state index in [-0.39, 0.29) is 6.61 Å². The first kappa shape index (κ1) is 9.66. The Morgan fingerprint density at radius 2 is 2.20 bits per heavy atom. The van der Waals surface area contributed by atoms with Gasteiger partial charge in [0.15, 0.2) is 0 Å². The molecule has 2 nitrogen and oxygen atoms in total. The summed E-state index contributed by atoms with van der Waals surface area (Å²) in [5, 5.41) is 8.72. The van der Waals surface area contributed by atoms with Crippen LogP contribution in [0.5, 0.6) is 0 Å². The number of rotatable bonds is 4. The second kappa shape index (κ2) is 4.47. The quantitative estimate of drug-likeness (QED) is 0.578. The molecule has 0 spiro atoms. The lowest BCUT2D eigenvalue weighted by molar-refractivity contribution is 0.238. The molecule has 2 heteroatoms. The molecule has 0 aliphatic heterocycles. The first-order valence-electron chi connectivity index (χ1n) is 3.70. The average molecular weight is 143 g/mol. The third kappa shape index (κ3) is 4.53. The van der Waals surface area contributed by atoms with Gasteiger partial charge in [0.25, 0.3) is 0 Å². The fourth-order valence-electron chi connectivity index (χ4n) is 0.572. The van der Waals surface area contributed by atoms with E-state index in [1.807, 2.05) is 12.2 Å². The summed E-state index contributed by atoms with van der Waals surface area (Å²) in [5.41, 5.74) is 5.09. The molecule has 0 heterocycles. The van der Waals surface area contributed by atoms with Crippen LogP contribution in [0, 0.1) is 0 Å². The normalized spacial score (nSPS) is 17.6. The third-order valence-corrected chi connectivity index (χ3v) is 1.29. The van der Waals surface area contributed by atoms with Gasteiger partial charge in [-0.3, -0.25) is 0 Å². The van der Waals surface area contributed by atoms with Gasteiger partial charge in [0, 0.05) is 0 Å². The van der Waals surface area contributed by atoms with Crippen LogP contribution in [0.15, 0.2) is 12.2 Å². The molecule has 0 amide bonds. The maximum atomic E-state index is 8.72. The van der Waals surface area contributed by atoms with Crippen LogP contribution < -0.4 is 5.73 Å². The SMILES string of the molecule is CCC/C=C/C(C)(N)CO. The Labute approximate surface area is 62.7 Å². The molecule has 0 saturated carbocycles. The molecule has 0 radical (unpaired) electrons. The highest BCUT2D eigenvalue weighted by Gasteiger charge is 2.10. The second-order valence-corrected chi connectivity index (χ2v) is 2.85. The molecule has 0 aliphatic rings. The number of aliphatic hydroxyl groups is 1.